The van der Waals surface area contributed by atoms with Crippen molar-refractivity contribution >= 4 is 43.6 Å². The van der Waals surface area contributed by atoms with Crippen molar-refractivity contribution in [2.45, 2.75) is 0 Å². The van der Waals surface area contributed by atoms with E-state index < -0.39 is 0 Å². The van der Waals surface area contributed by atoms with Crippen molar-refractivity contribution in [2.75, 3.05) is 0 Å². The highest BCUT2D eigenvalue weighted by Gasteiger charge is 2.33. The number of aromatic nitrogens is 4. The molecule has 0 spiro atoms. The van der Waals surface area contributed by atoms with Crippen LogP contribution in [0.25, 0.3) is 133 Å². The lowest BCUT2D eigenvalue weighted by Gasteiger charge is -2.15. The van der Waals surface area contributed by atoms with E-state index in [2.05, 4.69) is 214 Å². The van der Waals surface area contributed by atoms with E-state index in [4.69, 9.17) is 0 Å². The van der Waals surface area contributed by atoms with Gasteiger partial charge in [-0.3, -0.25) is 0 Å². The Kier molecular flexibility index (Phi) is 6.98. The number of hydrogen-bond donors (Lipinski definition) is 4. The molecule has 4 heterocycles. The van der Waals surface area contributed by atoms with Crippen molar-refractivity contribution in [3.05, 3.63) is 194 Å². The lowest BCUT2D eigenvalue weighted by molar-refractivity contribution is 1.38. The molecule has 0 atom stereocenters. The van der Waals surface area contributed by atoms with E-state index in [0.29, 0.717) is 0 Å². The first-order chi connectivity index (χ1) is 29.7. The Morgan fingerprint density at radius 1 is 0.200 bits per heavy atom. The Bertz CT molecular complexity index is 3110. The molecular weight excluding hydrogens is 729 g/mol. The summed E-state index contributed by atoms with van der Waals surface area (Å²) >= 11 is 0. The summed E-state index contributed by atoms with van der Waals surface area (Å²) in [6.45, 7) is 0. The van der Waals surface area contributed by atoms with Gasteiger partial charge in [-0.2, -0.15) is 0 Å². The van der Waals surface area contributed by atoms with Crippen molar-refractivity contribution in [1.29, 1.82) is 0 Å². The zero-order chi connectivity index (χ0) is 39.3. The van der Waals surface area contributed by atoms with E-state index in [1.807, 2.05) is 0 Å². The third-order valence-corrected chi connectivity index (χ3v) is 12.6. The van der Waals surface area contributed by atoms with Gasteiger partial charge in [0.25, 0.3) is 0 Å². The van der Waals surface area contributed by atoms with Crippen LogP contribution in [0.5, 0.6) is 0 Å². The molecule has 0 radical (unpaired) electrons. The summed E-state index contributed by atoms with van der Waals surface area (Å²) in [5.41, 5.74) is 22.9. The van der Waals surface area contributed by atoms with Gasteiger partial charge in [0.15, 0.2) is 0 Å². The summed E-state index contributed by atoms with van der Waals surface area (Å²) in [4.78, 5) is 16.1. The number of aromatic amines is 4. The van der Waals surface area contributed by atoms with Crippen molar-refractivity contribution in [3.63, 3.8) is 0 Å². The van der Waals surface area contributed by atoms with Gasteiger partial charge in [-0.1, -0.05) is 146 Å². The normalized spacial score (nSPS) is 12.0. The molecule has 280 valence electrons. The predicted molar refractivity (Wildman–Crippen MR) is 251 cm³/mol. The van der Waals surface area contributed by atoms with E-state index in [0.717, 1.165) is 67.1 Å². The molecule has 4 N–H and O–H groups in total. The molecule has 13 rings (SSSR count). The van der Waals surface area contributed by atoms with Gasteiger partial charge >= 0.3 is 0 Å². The predicted octanol–water partition coefficient (Wildman–Crippen LogP) is 15.3. The van der Waals surface area contributed by atoms with E-state index in [9.17, 15) is 0 Å². The van der Waals surface area contributed by atoms with Gasteiger partial charge in [-0.25, -0.2) is 0 Å². The van der Waals surface area contributed by atoms with E-state index >= 15 is 0 Å². The summed E-state index contributed by atoms with van der Waals surface area (Å²) in [5.74, 6) is 0. The van der Waals surface area contributed by atoms with Gasteiger partial charge < -0.3 is 19.9 Å². The molecule has 1 aliphatic rings. The van der Waals surface area contributed by atoms with Crippen molar-refractivity contribution in [3.8, 4) is 89.5 Å². The van der Waals surface area contributed by atoms with Crippen LogP contribution >= 0.6 is 0 Å². The lowest BCUT2D eigenvalue weighted by atomic mass is 9.88. The zero-order valence-electron chi connectivity index (χ0n) is 32.5. The van der Waals surface area contributed by atoms with Gasteiger partial charge in [0, 0.05) is 65.9 Å². The summed E-state index contributed by atoms with van der Waals surface area (Å²) in [6.07, 6.45) is 0. The van der Waals surface area contributed by atoms with Crippen LogP contribution in [0.2, 0.25) is 0 Å². The maximum absolute atomic E-state index is 4.04. The maximum Gasteiger partial charge on any atom is 0.0588 e. The smallest absolute Gasteiger partial charge is 0.0588 e. The summed E-state index contributed by atoms with van der Waals surface area (Å²) < 4.78 is 0. The molecule has 12 aromatic rings. The molecule has 4 nitrogen and oxygen atoms in total. The Hall–Kier alpha value is -8.08. The van der Waals surface area contributed by atoms with E-state index in [1.54, 1.807) is 0 Å². The molecule has 0 aliphatic heterocycles. The molecule has 0 saturated carbocycles. The third-order valence-electron chi connectivity index (χ3n) is 12.6. The van der Waals surface area contributed by atoms with Crippen LogP contribution < -0.4 is 0 Å². The first kappa shape index (κ1) is 32.9. The maximum atomic E-state index is 4.04. The molecule has 0 saturated heterocycles. The Labute approximate surface area is 345 Å². The Balaban J connectivity index is 1.20. The fourth-order valence-electron chi connectivity index (χ4n) is 9.80. The third kappa shape index (κ3) is 4.91. The van der Waals surface area contributed by atoms with Crippen LogP contribution in [0.1, 0.15) is 0 Å². The highest BCUT2D eigenvalue weighted by atomic mass is 14.8. The van der Waals surface area contributed by atoms with Crippen LogP contribution in [0.4, 0.5) is 0 Å². The summed E-state index contributed by atoms with van der Waals surface area (Å²) in [7, 11) is 0. The summed E-state index contributed by atoms with van der Waals surface area (Å²) in [6, 6.07) is 70.3. The van der Waals surface area contributed by atoms with Crippen molar-refractivity contribution in [1.82, 2.24) is 19.9 Å². The first-order valence-corrected chi connectivity index (χ1v) is 20.6. The fraction of sp³-hybridized carbons (Fsp3) is 0. The number of rotatable bonds is 4. The molecule has 0 fully saturated rings. The molecule has 0 amide bonds. The van der Waals surface area contributed by atoms with Gasteiger partial charge in [-0.15, -0.1) is 0 Å². The van der Waals surface area contributed by atoms with Crippen LogP contribution in [-0.4, -0.2) is 19.9 Å². The average molecular weight is 765 g/mol. The van der Waals surface area contributed by atoms with E-state index in [1.165, 1.54) is 66.1 Å². The highest BCUT2D eigenvalue weighted by Crippen LogP contribution is 2.55. The minimum Gasteiger partial charge on any atom is -0.354 e. The van der Waals surface area contributed by atoms with Crippen LogP contribution in [0, 0.1) is 0 Å². The fourth-order valence-corrected chi connectivity index (χ4v) is 9.80. The largest absolute Gasteiger partial charge is 0.354 e. The van der Waals surface area contributed by atoms with Gasteiger partial charge in [0.05, 0.1) is 22.8 Å². The standard InChI is InChI=1S/C56H36N4/c1-5-13-33(14-6-1)37-21-25-45-41(29-37)49-53(57-45)50-43-31-39(35-17-9-3-10-18-35)23-27-47(43)59-55(50)52-44-32-40(36-19-11-4-12-20-36)24-28-48(44)60-56(52)51-42-30-38(34-15-7-2-8-16-34)22-26-46(42)58-54(49)51/h1-32,57-60H. The molecule has 0 unspecified atom stereocenters. The molecule has 4 heteroatoms. The Morgan fingerprint density at radius 2 is 0.417 bits per heavy atom. The quantitative estimate of drug-likeness (QED) is 0.138. The first-order valence-electron chi connectivity index (χ1n) is 20.6. The average Bonchev–Trinajstić information content (AvgIpc) is 4.08. The topological polar surface area (TPSA) is 63.2 Å². The molecule has 4 aromatic heterocycles. The SMILES string of the molecule is c1ccc(-c2ccc3[nH]c4c(c3c2)-c2[nH]c3ccc(-c5ccccc5)cc3c2-c2[nH]c3ccc(-c5ccccc5)cc3c2-c2[nH]c3ccc(-c5ccccc5)cc3c2-4)cc1. The van der Waals surface area contributed by atoms with Gasteiger partial charge in [0.1, 0.15) is 0 Å². The summed E-state index contributed by atoms with van der Waals surface area (Å²) in [5, 5.41) is 4.70. The molecule has 0 bridgehead atoms. The second-order valence-corrected chi connectivity index (χ2v) is 16.0. The van der Waals surface area contributed by atoms with Gasteiger partial charge in [0.2, 0.25) is 0 Å². The molecule has 8 aromatic carbocycles. The molecule has 60 heavy (non-hydrogen) atoms. The van der Waals surface area contributed by atoms with Crippen molar-refractivity contribution < 1.29 is 0 Å². The van der Waals surface area contributed by atoms with E-state index in [-0.39, 0.29) is 0 Å². The monoisotopic (exact) mass is 764 g/mol. The lowest BCUT2D eigenvalue weighted by Crippen LogP contribution is -1.94. The minimum absolute atomic E-state index is 1.09. The zero-order valence-corrected chi connectivity index (χ0v) is 32.5. The number of benzene rings is 8. The molecular formula is C56H36N4. The van der Waals surface area contributed by atoms with Crippen LogP contribution in [0.3, 0.4) is 0 Å². The number of nitrogens with one attached hydrogen (secondary N) is 4. The van der Waals surface area contributed by atoms with Gasteiger partial charge in [-0.05, 0) is 93.0 Å². The highest BCUT2D eigenvalue weighted by molar-refractivity contribution is 6.23. The Morgan fingerprint density at radius 3 is 0.633 bits per heavy atom. The second kappa shape index (κ2) is 12.7. The van der Waals surface area contributed by atoms with Crippen LogP contribution in [0.15, 0.2) is 194 Å². The minimum atomic E-state index is 1.09. The van der Waals surface area contributed by atoms with Crippen LogP contribution in [-0.2, 0) is 0 Å². The second-order valence-electron chi connectivity index (χ2n) is 16.0. The number of hydrogen-bond acceptors (Lipinski definition) is 0. The number of H-pyrrole nitrogens is 4. The molecule has 1 aliphatic carbocycles. The van der Waals surface area contributed by atoms with Crippen molar-refractivity contribution in [2.24, 2.45) is 0 Å². The number of fused-ring (bicyclic) bond motifs is 16.